The Balaban J connectivity index is 2.14. The molecule has 0 bridgehead atoms. The van der Waals surface area contributed by atoms with E-state index in [1.807, 2.05) is 0 Å². The Morgan fingerprint density at radius 1 is 1.60 bits per heavy atom. The van der Waals surface area contributed by atoms with Gasteiger partial charge in [-0.05, 0) is 6.07 Å². The van der Waals surface area contributed by atoms with Crippen molar-refractivity contribution in [1.29, 1.82) is 0 Å². The van der Waals surface area contributed by atoms with Crippen LogP contribution in [0.1, 0.15) is 4.88 Å². The predicted octanol–water partition coefficient (Wildman–Crippen LogP) is 1.13. The molecule has 2 aromatic rings. The SMILES string of the molecule is O=[N+]([O-])c1ccc(/C=N/n2cncn2)s1. The molecule has 0 saturated heterocycles. The minimum absolute atomic E-state index is 0.0926. The fraction of sp³-hybridized carbons (Fsp3) is 0. The van der Waals surface area contributed by atoms with Gasteiger partial charge in [0, 0.05) is 6.07 Å². The highest BCUT2D eigenvalue weighted by Crippen LogP contribution is 2.22. The number of aromatic nitrogens is 3. The highest BCUT2D eigenvalue weighted by molar-refractivity contribution is 7.16. The van der Waals surface area contributed by atoms with Crippen LogP contribution in [-0.4, -0.2) is 26.0 Å². The first-order valence-corrected chi connectivity index (χ1v) is 4.70. The summed E-state index contributed by atoms with van der Waals surface area (Å²) in [5.41, 5.74) is 0. The molecule has 0 aliphatic rings. The van der Waals surface area contributed by atoms with E-state index >= 15 is 0 Å². The molecule has 0 aliphatic carbocycles. The third kappa shape index (κ3) is 2.23. The maximum absolute atomic E-state index is 10.4. The fourth-order valence-electron chi connectivity index (χ4n) is 0.887. The largest absolute Gasteiger partial charge is 0.324 e. The Hall–Kier alpha value is -2.09. The van der Waals surface area contributed by atoms with Gasteiger partial charge in [-0.1, -0.05) is 11.3 Å². The van der Waals surface area contributed by atoms with E-state index < -0.39 is 4.92 Å². The molecule has 0 unspecified atom stereocenters. The number of thiophene rings is 1. The molecule has 76 valence electrons. The molecule has 0 radical (unpaired) electrons. The van der Waals surface area contributed by atoms with E-state index in [1.54, 1.807) is 6.07 Å². The maximum Gasteiger partial charge on any atom is 0.324 e. The van der Waals surface area contributed by atoms with Crippen molar-refractivity contribution in [3.63, 3.8) is 0 Å². The maximum atomic E-state index is 10.4. The topological polar surface area (TPSA) is 86.2 Å². The molecule has 2 heterocycles. The second-order valence-electron chi connectivity index (χ2n) is 2.49. The summed E-state index contributed by atoms with van der Waals surface area (Å²) < 4.78 is 0. The number of rotatable bonds is 3. The number of nitrogens with zero attached hydrogens (tertiary/aromatic N) is 5. The van der Waals surface area contributed by atoms with E-state index in [-0.39, 0.29) is 5.00 Å². The lowest BCUT2D eigenvalue weighted by Gasteiger charge is -1.85. The van der Waals surface area contributed by atoms with Gasteiger partial charge in [0.1, 0.15) is 12.7 Å². The van der Waals surface area contributed by atoms with Gasteiger partial charge in [0.05, 0.1) is 16.0 Å². The van der Waals surface area contributed by atoms with Crippen molar-refractivity contribution in [2.75, 3.05) is 0 Å². The van der Waals surface area contributed by atoms with Gasteiger partial charge in [0.25, 0.3) is 0 Å². The third-order valence-electron chi connectivity index (χ3n) is 1.50. The van der Waals surface area contributed by atoms with Gasteiger partial charge in [-0.3, -0.25) is 10.1 Å². The van der Waals surface area contributed by atoms with Gasteiger partial charge in [-0.15, -0.1) is 9.89 Å². The van der Waals surface area contributed by atoms with Crippen LogP contribution in [0, 0.1) is 10.1 Å². The summed E-state index contributed by atoms with van der Waals surface area (Å²) in [6.07, 6.45) is 4.28. The van der Waals surface area contributed by atoms with Crippen LogP contribution in [0.3, 0.4) is 0 Å². The van der Waals surface area contributed by atoms with Gasteiger partial charge >= 0.3 is 5.00 Å². The van der Waals surface area contributed by atoms with E-state index in [1.165, 1.54) is 29.7 Å². The molecule has 7 nitrogen and oxygen atoms in total. The first-order chi connectivity index (χ1) is 7.25. The Bertz CT molecular complexity index is 489. The monoisotopic (exact) mass is 223 g/mol. The average molecular weight is 223 g/mol. The second-order valence-corrected chi connectivity index (χ2v) is 3.59. The van der Waals surface area contributed by atoms with Gasteiger partial charge in [-0.2, -0.15) is 5.10 Å². The van der Waals surface area contributed by atoms with Crippen molar-refractivity contribution in [3.8, 4) is 0 Å². The molecule has 0 saturated carbocycles. The number of hydrogen-bond donors (Lipinski definition) is 0. The summed E-state index contributed by atoms with van der Waals surface area (Å²) in [6, 6.07) is 3.07. The number of hydrogen-bond acceptors (Lipinski definition) is 6. The summed E-state index contributed by atoms with van der Waals surface area (Å²) in [6.45, 7) is 0. The Labute approximate surface area is 87.8 Å². The van der Waals surface area contributed by atoms with Crippen LogP contribution in [0.5, 0.6) is 0 Å². The highest BCUT2D eigenvalue weighted by atomic mass is 32.1. The number of nitro groups is 1. The summed E-state index contributed by atoms with van der Waals surface area (Å²) in [5.74, 6) is 0. The smallest absolute Gasteiger partial charge is 0.258 e. The van der Waals surface area contributed by atoms with Gasteiger partial charge in [-0.25, -0.2) is 4.98 Å². The molecule has 2 aromatic heterocycles. The van der Waals surface area contributed by atoms with Crippen molar-refractivity contribution in [2.45, 2.75) is 0 Å². The standard InChI is InChI=1S/C7H5N5O2S/c13-12(14)7-2-1-6(15-7)3-9-11-5-8-4-10-11/h1-5H/b9-3+. The molecule has 8 heteroatoms. The summed E-state index contributed by atoms with van der Waals surface area (Å²) in [7, 11) is 0. The van der Waals surface area contributed by atoms with Gasteiger partial charge < -0.3 is 0 Å². The zero-order chi connectivity index (χ0) is 10.7. The molecule has 0 spiro atoms. The van der Waals surface area contributed by atoms with Crippen LogP contribution in [0.4, 0.5) is 5.00 Å². The zero-order valence-corrected chi connectivity index (χ0v) is 8.16. The lowest BCUT2D eigenvalue weighted by atomic mass is 10.5. The van der Waals surface area contributed by atoms with Crippen molar-refractivity contribution in [1.82, 2.24) is 14.9 Å². The first-order valence-electron chi connectivity index (χ1n) is 3.89. The van der Waals surface area contributed by atoms with E-state index in [0.29, 0.717) is 4.88 Å². The summed E-state index contributed by atoms with van der Waals surface area (Å²) >= 11 is 1.05. The van der Waals surface area contributed by atoms with E-state index in [2.05, 4.69) is 15.2 Å². The van der Waals surface area contributed by atoms with Crippen molar-refractivity contribution >= 4 is 22.6 Å². The lowest BCUT2D eigenvalue weighted by molar-refractivity contribution is -0.380. The second kappa shape index (κ2) is 3.96. The summed E-state index contributed by atoms with van der Waals surface area (Å²) in [5, 5.41) is 18.2. The van der Waals surface area contributed by atoms with Crippen LogP contribution < -0.4 is 0 Å². The minimum Gasteiger partial charge on any atom is -0.258 e. The average Bonchev–Trinajstić information content (AvgIpc) is 2.86. The third-order valence-corrected chi connectivity index (χ3v) is 2.47. The quantitative estimate of drug-likeness (QED) is 0.443. The molecule has 0 fully saturated rings. The van der Waals surface area contributed by atoms with Gasteiger partial charge in [0.15, 0.2) is 0 Å². The van der Waals surface area contributed by atoms with Crippen LogP contribution in [0.25, 0.3) is 0 Å². The van der Waals surface area contributed by atoms with Crippen molar-refractivity contribution in [2.24, 2.45) is 5.10 Å². The minimum atomic E-state index is -0.433. The van der Waals surface area contributed by atoms with E-state index in [4.69, 9.17) is 0 Å². The van der Waals surface area contributed by atoms with E-state index in [9.17, 15) is 10.1 Å². The van der Waals surface area contributed by atoms with Crippen molar-refractivity contribution in [3.05, 3.63) is 39.8 Å². The molecule has 2 rings (SSSR count). The molecule has 0 atom stereocenters. The lowest BCUT2D eigenvalue weighted by Crippen LogP contribution is -1.88. The van der Waals surface area contributed by atoms with Crippen LogP contribution in [0.15, 0.2) is 29.9 Å². The van der Waals surface area contributed by atoms with E-state index in [0.717, 1.165) is 11.3 Å². The highest BCUT2D eigenvalue weighted by Gasteiger charge is 2.07. The molecule has 0 aromatic carbocycles. The fourth-order valence-corrected chi connectivity index (χ4v) is 1.58. The van der Waals surface area contributed by atoms with Crippen molar-refractivity contribution < 1.29 is 4.92 Å². The normalized spacial score (nSPS) is 10.9. The molecule has 0 N–H and O–H groups in total. The zero-order valence-electron chi connectivity index (χ0n) is 7.35. The van der Waals surface area contributed by atoms with Crippen LogP contribution >= 0.6 is 11.3 Å². The van der Waals surface area contributed by atoms with Gasteiger partial charge in [0.2, 0.25) is 0 Å². The molecule has 0 amide bonds. The predicted molar refractivity (Wildman–Crippen MR) is 54.0 cm³/mol. The Kier molecular flexibility index (Phi) is 2.50. The molecule has 0 aliphatic heterocycles. The molecular weight excluding hydrogens is 218 g/mol. The first kappa shape index (κ1) is 9.46. The van der Waals surface area contributed by atoms with Crippen LogP contribution in [-0.2, 0) is 0 Å². The Morgan fingerprint density at radius 2 is 2.47 bits per heavy atom. The van der Waals surface area contributed by atoms with Crippen LogP contribution in [0.2, 0.25) is 0 Å². The summed E-state index contributed by atoms with van der Waals surface area (Å²) in [4.78, 5) is 15.6. The molecular formula is C7H5N5O2S. The Morgan fingerprint density at radius 3 is 3.07 bits per heavy atom. The molecule has 15 heavy (non-hydrogen) atoms.